The first-order valence-corrected chi connectivity index (χ1v) is 11.7. The Labute approximate surface area is 197 Å². The molecule has 0 N–H and O–H groups in total. The van der Waals surface area contributed by atoms with Crippen LogP contribution in [0.5, 0.6) is 0 Å². The molecule has 3 rings (SSSR count). The van der Waals surface area contributed by atoms with E-state index in [-0.39, 0.29) is 18.4 Å². The predicted molar refractivity (Wildman–Crippen MR) is 129 cm³/mol. The van der Waals surface area contributed by atoms with E-state index < -0.39 is 0 Å². The minimum absolute atomic E-state index is 0.0376. The van der Waals surface area contributed by atoms with E-state index in [9.17, 15) is 9.59 Å². The summed E-state index contributed by atoms with van der Waals surface area (Å²) in [6.07, 6.45) is 5.00. The Hall–Kier alpha value is -2.71. The van der Waals surface area contributed by atoms with Gasteiger partial charge in [0.25, 0.3) is 5.91 Å². The lowest BCUT2D eigenvalue weighted by Gasteiger charge is -2.28. The Morgan fingerprint density at radius 1 is 1.09 bits per heavy atom. The van der Waals surface area contributed by atoms with Crippen LogP contribution in [-0.4, -0.2) is 78.1 Å². The summed E-state index contributed by atoms with van der Waals surface area (Å²) >= 11 is 0. The fourth-order valence-electron chi connectivity index (χ4n) is 4.27. The van der Waals surface area contributed by atoms with Gasteiger partial charge in [-0.05, 0) is 31.6 Å². The highest BCUT2D eigenvalue weighted by molar-refractivity contribution is 5.95. The molecule has 33 heavy (non-hydrogen) atoms. The van der Waals surface area contributed by atoms with Crippen LogP contribution in [0.15, 0.2) is 36.7 Å². The van der Waals surface area contributed by atoms with Gasteiger partial charge in [-0.1, -0.05) is 32.0 Å². The number of methoxy groups -OCH3 is 1. The number of anilines is 1. The van der Waals surface area contributed by atoms with Gasteiger partial charge in [0.2, 0.25) is 5.91 Å². The van der Waals surface area contributed by atoms with Gasteiger partial charge in [-0.2, -0.15) is 0 Å². The zero-order chi connectivity index (χ0) is 23.8. The summed E-state index contributed by atoms with van der Waals surface area (Å²) < 4.78 is 7.19. The van der Waals surface area contributed by atoms with Gasteiger partial charge in [0.05, 0.1) is 0 Å². The van der Waals surface area contributed by atoms with Crippen LogP contribution < -0.4 is 4.90 Å². The van der Waals surface area contributed by atoms with E-state index in [1.807, 2.05) is 35.4 Å². The van der Waals surface area contributed by atoms with Crippen LogP contribution in [0.4, 0.5) is 5.69 Å². The molecule has 180 valence electrons. The van der Waals surface area contributed by atoms with Gasteiger partial charge in [0, 0.05) is 70.3 Å². The van der Waals surface area contributed by atoms with Crippen LogP contribution in [0.25, 0.3) is 0 Å². The molecule has 0 spiro atoms. The van der Waals surface area contributed by atoms with Crippen molar-refractivity contribution in [2.45, 2.75) is 45.7 Å². The van der Waals surface area contributed by atoms with Crippen molar-refractivity contribution in [3.05, 3.63) is 48.0 Å². The lowest BCUT2D eigenvalue weighted by Crippen LogP contribution is -2.37. The molecule has 0 atom stereocenters. The van der Waals surface area contributed by atoms with Gasteiger partial charge in [0.1, 0.15) is 12.4 Å². The maximum Gasteiger partial charge on any atom is 0.252 e. The molecule has 0 saturated heterocycles. The lowest BCUT2D eigenvalue weighted by molar-refractivity contribution is -0.132. The topological polar surface area (TPSA) is 70.9 Å². The van der Waals surface area contributed by atoms with Crippen LogP contribution in [0.1, 0.15) is 44.0 Å². The Morgan fingerprint density at radius 2 is 1.88 bits per heavy atom. The molecule has 8 nitrogen and oxygen atoms in total. The smallest absolute Gasteiger partial charge is 0.252 e. The number of benzene rings is 1. The highest BCUT2D eigenvalue weighted by Crippen LogP contribution is 2.24. The molecule has 1 aliphatic heterocycles. The number of carbonyl (C=O) groups is 2. The SMILES string of the molecule is COCC(=O)N1CCCN(C)CCN(C(=O)CCn2ccnc2C(C)C)Cc2ccccc21. The number of imidazole rings is 1. The van der Waals surface area contributed by atoms with Crippen molar-refractivity contribution in [1.82, 2.24) is 19.4 Å². The second-order valence-corrected chi connectivity index (χ2v) is 8.96. The average molecular weight is 456 g/mol. The van der Waals surface area contributed by atoms with Crippen LogP contribution in [-0.2, 0) is 27.4 Å². The third kappa shape index (κ3) is 6.65. The number of nitrogens with zero attached hydrogens (tertiary/aromatic N) is 5. The molecule has 1 aromatic heterocycles. The Kier molecular flexibility index (Phi) is 9.03. The first-order valence-electron chi connectivity index (χ1n) is 11.7. The minimum Gasteiger partial charge on any atom is -0.375 e. The number of amides is 2. The molecule has 0 radical (unpaired) electrons. The molecule has 2 amide bonds. The summed E-state index contributed by atoms with van der Waals surface area (Å²) in [6, 6.07) is 7.88. The van der Waals surface area contributed by atoms with E-state index in [1.165, 1.54) is 7.11 Å². The van der Waals surface area contributed by atoms with E-state index in [0.29, 0.717) is 38.5 Å². The van der Waals surface area contributed by atoms with Crippen molar-refractivity contribution in [3.8, 4) is 0 Å². The number of aryl methyl sites for hydroxylation is 1. The summed E-state index contributed by atoms with van der Waals surface area (Å²) in [5.41, 5.74) is 1.84. The normalized spacial score (nSPS) is 15.9. The third-order valence-electron chi connectivity index (χ3n) is 6.07. The van der Waals surface area contributed by atoms with Crippen molar-refractivity contribution in [2.75, 3.05) is 51.8 Å². The van der Waals surface area contributed by atoms with Crippen molar-refractivity contribution in [3.63, 3.8) is 0 Å². The molecule has 2 heterocycles. The zero-order valence-electron chi connectivity index (χ0n) is 20.4. The van der Waals surface area contributed by atoms with Crippen LogP contribution in [0.3, 0.4) is 0 Å². The molecular weight excluding hydrogens is 418 g/mol. The Morgan fingerprint density at radius 3 is 2.64 bits per heavy atom. The van der Waals surface area contributed by atoms with E-state index in [4.69, 9.17) is 4.74 Å². The molecule has 8 heteroatoms. The predicted octanol–water partition coefficient (Wildman–Crippen LogP) is 2.74. The largest absolute Gasteiger partial charge is 0.375 e. The van der Waals surface area contributed by atoms with Gasteiger partial charge in [0.15, 0.2) is 0 Å². The number of ether oxygens (including phenoxy) is 1. The van der Waals surface area contributed by atoms with E-state index in [1.54, 1.807) is 11.1 Å². The highest BCUT2D eigenvalue weighted by Gasteiger charge is 2.23. The third-order valence-corrected chi connectivity index (χ3v) is 6.07. The first-order chi connectivity index (χ1) is 15.9. The standard InChI is InChI=1S/C25H37N5O3/c1-20(2)25-26-11-15-28(25)14-10-23(31)29-17-16-27(3)12-7-13-30(24(32)19-33-4)22-9-6-5-8-21(22)18-29/h5-6,8-9,11,15,20H,7,10,12-14,16-19H2,1-4H3. The van der Waals surface area contributed by atoms with Crippen molar-refractivity contribution < 1.29 is 14.3 Å². The molecule has 0 fully saturated rings. The van der Waals surface area contributed by atoms with Gasteiger partial charge in [-0.15, -0.1) is 0 Å². The number of fused-ring (bicyclic) bond motifs is 1. The molecule has 1 aromatic carbocycles. The maximum atomic E-state index is 13.3. The number of likely N-dealkylation sites (N-methyl/N-ethyl adjacent to an activating group) is 1. The maximum absolute atomic E-state index is 13.3. The Balaban J connectivity index is 1.82. The summed E-state index contributed by atoms with van der Waals surface area (Å²) in [5, 5.41) is 0. The van der Waals surface area contributed by atoms with Crippen LogP contribution in [0.2, 0.25) is 0 Å². The van der Waals surface area contributed by atoms with Crippen LogP contribution >= 0.6 is 0 Å². The van der Waals surface area contributed by atoms with Crippen molar-refractivity contribution in [2.24, 2.45) is 0 Å². The van der Waals surface area contributed by atoms with Gasteiger partial charge < -0.3 is 24.0 Å². The van der Waals surface area contributed by atoms with Gasteiger partial charge in [-0.3, -0.25) is 9.59 Å². The van der Waals surface area contributed by atoms with Crippen molar-refractivity contribution in [1.29, 1.82) is 0 Å². The second-order valence-electron chi connectivity index (χ2n) is 8.96. The monoisotopic (exact) mass is 455 g/mol. The number of rotatable bonds is 6. The fourth-order valence-corrected chi connectivity index (χ4v) is 4.27. The molecular formula is C25H37N5O3. The first kappa shape index (κ1) is 24.9. The minimum atomic E-state index is -0.0638. The number of hydrogen-bond acceptors (Lipinski definition) is 5. The van der Waals surface area contributed by atoms with Crippen LogP contribution in [0, 0.1) is 0 Å². The van der Waals surface area contributed by atoms with E-state index in [0.717, 1.165) is 36.6 Å². The fraction of sp³-hybridized carbons (Fsp3) is 0.560. The summed E-state index contributed by atoms with van der Waals surface area (Å²) in [6.45, 7) is 8.26. The van der Waals surface area contributed by atoms with E-state index in [2.05, 4.69) is 35.3 Å². The zero-order valence-corrected chi connectivity index (χ0v) is 20.4. The number of hydrogen-bond donors (Lipinski definition) is 0. The quantitative estimate of drug-likeness (QED) is 0.670. The molecule has 0 unspecified atom stereocenters. The molecule has 0 saturated carbocycles. The molecule has 0 aliphatic carbocycles. The van der Waals surface area contributed by atoms with Gasteiger partial charge in [-0.25, -0.2) is 4.98 Å². The van der Waals surface area contributed by atoms with Gasteiger partial charge >= 0.3 is 0 Å². The summed E-state index contributed by atoms with van der Waals surface area (Å²) in [7, 11) is 3.60. The summed E-state index contributed by atoms with van der Waals surface area (Å²) in [5.74, 6) is 1.35. The second kappa shape index (κ2) is 12.0. The Bertz CT molecular complexity index is 926. The lowest BCUT2D eigenvalue weighted by atomic mass is 10.1. The number of aromatic nitrogens is 2. The van der Waals surface area contributed by atoms with E-state index >= 15 is 0 Å². The average Bonchev–Trinajstić information content (AvgIpc) is 3.26. The molecule has 1 aliphatic rings. The number of para-hydroxylation sites is 1. The molecule has 2 aromatic rings. The highest BCUT2D eigenvalue weighted by atomic mass is 16.5. The van der Waals surface area contributed by atoms with Crippen molar-refractivity contribution >= 4 is 17.5 Å². The molecule has 0 bridgehead atoms. The number of carbonyl (C=O) groups excluding carboxylic acids is 2. The summed E-state index contributed by atoms with van der Waals surface area (Å²) in [4.78, 5) is 36.5.